The third-order valence-electron chi connectivity index (χ3n) is 3.16. The highest BCUT2D eigenvalue weighted by molar-refractivity contribution is 7.18. The Kier molecular flexibility index (Phi) is 5.74. The molecular weight excluding hydrogens is 348 g/mol. The van der Waals surface area contributed by atoms with E-state index in [1.54, 1.807) is 37.3 Å². The van der Waals surface area contributed by atoms with Crippen molar-refractivity contribution in [1.29, 1.82) is 5.26 Å². The van der Waals surface area contributed by atoms with E-state index in [4.69, 9.17) is 11.6 Å². The molecule has 1 N–H and O–H groups in total. The van der Waals surface area contributed by atoms with Crippen LogP contribution in [0.5, 0.6) is 0 Å². The van der Waals surface area contributed by atoms with Crippen LogP contribution in [0.3, 0.4) is 0 Å². The highest BCUT2D eigenvalue weighted by Crippen LogP contribution is 2.32. The number of anilines is 1. The zero-order valence-electron chi connectivity index (χ0n) is 12.9. The van der Waals surface area contributed by atoms with Crippen LogP contribution < -0.4 is 5.32 Å². The van der Waals surface area contributed by atoms with Gasteiger partial charge in [-0.2, -0.15) is 5.26 Å². The summed E-state index contributed by atoms with van der Waals surface area (Å²) in [5.41, 5.74) is 1.56. The van der Waals surface area contributed by atoms with Gasteiger partial charge >= 0.3 is 5.97 Å². The molecule has 1 aromatic heterocycles. The first-order valence-corrected chi connectivity index (χ1v) is 8.02. The molecule has 0 saturated heterocycles. The number of carbonyl (C=O) groups excluding carboxylic acids is 2. The smallest absolute Gasteiger partial charge is 0.348 e. The van der Waals surface area contributed by atoms with Gasteiger partial charge in [0.1, 0.15) is 15.9 Å². The first-order valence-electron chi connectivity index (χ1n) is 6.82. The Hall–Kier alpha value is -2.62. The molecule has 0 aliphatic carbocycles. The molecule has 1 amide bonds. The standard InChI is InChI=1S/C17H13ClN2O3S/c1-10-13(9-19)16(24-15(10)17(22)23-2)20-14(21)8-5-11-3-6-12(18)7-4-11/h3-8H,1-2H3,(H,20,21). The summed E-state index contributed by atoms with van der Waals surface area (Å²) < 4.78 is 4.67. The zero-order chi connectivity index (χ0) is 17.7. The number of nitriles is 1. The Morgan fingerprint density at radius 3 is 2.58 bits per heavy atom. The second-order valence-corrected chi connectivity index (χ2v) is 6.19. The summed E-state index contributed by atoms with van der Waals surface area (Å²) in [4.78, 5) is 24.0. The molecule has 0 bridgehead atoms. The Labute approximate surface area is 148 Å². The quantitative estimate of drug-likeness (QED) is 0.659. The maximum atomic E-state index is 12.0. The van der Waals surface area contributed by atoms with E-state index >= 15 is 0 Å². The zero-order valence-corrected chi connectivity index (χ0v) is 14.5. The molecule has 0 aliphatic rings. The number of nitrogens with one attached hydrogen (secondary N) is 1. The minimum absolute atomic E-state index is 0.258. The van der Waals surface area contributed by atoms with Gasteiger partial charge in [0.05, 0.1) is 12.7 Å². The van der Waals surface area contributed by atoms with Crippen LogP contribution in [0.2, 0.25) is 5.02 Å². The lowest BCUT2D eigenvalue weighted by atomic mass is 10.2. The number of esters is 1. The first kappa shape index (κ1) is 17.7. The van der Waals surface area contributed by atoms with Crippen LogP contribution in [0.15, 0.2) is 30.3 Å². The minimum atomic E-state index is -0.536. The van der Waals surface area contributed by atoms with E-state index in [1.807, 2.05) is 6.07 Å². The molecule has 2 rings (SSSR count). The van der Waals surface area contributed by atoms with E-state index in [9.17, 15) is 14.9 Å². The molecule has 1 heterocycles. The molecule has 7 heteroatoms. The summed E-state index contributed by atoms with van der Waals surface area (Å²) in [5, 5.41) is 12.8. The van der Waals surface area contributed by atoms with Crippen molar-refractivity contribution in [3.8, 4) is 6.07 Å². The van der Waals surface area contributed by atoms with Crippen LogP contribution in [-0.4, -0.2) is 19.0 Å². The number of nitrogens with zero attached hydrogens (tertiary/aromatic N) is 1. The summed E-state index contributed by atoms with van der Waals surface area (Å²) >= 11 is 6.81. The van der Waals surface area contributed by atoms with Crippen molar-refractivity contribution < 1.29 is 14.3 Å². The molecular formula is C17H13ClN2O3S. The second kappa shape index (κ2) is 7.77. The molecule has 2 aromatic rings. The summed E-state index contributed by atoms with van der Waals surface area (Å²) in [5.74, 6) is -0.940. The fourth-order valence-corrected chi connectivity index (χ4v) is 3.13. The summed E-state index contributed by atoms with van der Waals surface area (Å²) in [7, 11) is 1.26. The maximum absolute atomic E-state index is 12.0. The van der Waals surface area contributed by atoms with Crippen LogP contribution in [0, 0.1) is 18.3 Å². The number of rotatable bonds is 4. The summed E-state index contributed by atoms with van der Waals surface area (Å²) in [6, 6.07) is 8.99. The molecule has 0 unspecified atom stereocenters. The fourth-order valence-electron chi connectivity index (χ4n) is 1.92. The number of hydrogen-bond acceptors (Lipinski definition) is 5. The van der Waals surface area contributed by atoms with Crippen molar-refractivity contribution in [3.63, 3.8) is 0 Å². The number of hydrogen-bond donors (Lipinski definition) is 1. The van der Waals surface area contributed by atoms with E-state index in [-0.39, 0.29) is 5.56 Å². The van der Waals surface area contributed by atoms with Gasteiger partial charge in [-0.1, -0.05) is 23.7 Å². The molecule has 5 nitrogen and oxygen atoms in total. The Balaban J connectivity index is 2.18. The molecule has 0 saturated carbocycles. The van der Waals surface area contributed by atoms with Gasteiger partial charge in [0, 0.05) is 11.1 Å². The van der Waals surface area contributed by atoms with Crippen molar-refractivity contribution >= 4 is 45.9 Å². The van der Waals surface area contributed by atoms with E-state index in [2.05, 4.69) is 10.1 Å². The van der Waals surface area contributed by atoms with Crippen molar-refractivity contribution in [2.75, 3.05) is 12.4 Å². The van der Waals surface area contributed by atoms with Gasteiger partial charge in [0.25, 0.3) is 0 Å². The van der Waals surface area contributed by atoms with Gasteiger partial charge in [0.15, 0.2) is 0 Å². The van der Waals surface area contributed by atoms with E-state index in [1.165, 1.54) is 13.2 Å². The molecule has 0 radical (unpaired) electrons. The van der Waals surface area contributed by atoms with Crippen molar-refractivity contribution in [3.05, 3.63) is 56.9 Å². The molecule has 24 heavy (non-hydrogen) atoms. The lowest BCUT2D eigenvalue weighted by Crippen LogP contribution is -2.07. The van der Waals surface area contributed by atoms with Gasteiger partial charge in [-0.25, -0.2) is 4.79 Å². The lowest BCUT2D eigenvalue weighted by molar-refractivity contribution is -0.111. The van der Waals surface area contributed by atoms with E-state index in [0.29, 0.717) is 20.5 Å². The minimum Gasteiger partial charge on any atom is -0.465 e. The van der Waals surface area contributed by atoms with Gasteiger partial charge in [-0.05, 0) is 36.3 Å². The average Bonchev–Trinajstić information content (AvgIpc) is 2.89. The summed E-state index contributed by atoms with van der Waals surface area (Å²) in [6.07, 6.45) is 2.97. The highest BCUT2D eigenvalue weighted by atomic mass is 35.5. The maximum Gasteiger partial charge on any atom is 0.348 e. The Bertz CT molecular complexity index is 848. The van der Waals surface area contributed by atoms with Crippen molar-refractivity contribution in [2.45, 2.75) is 6.92 Å². The third kappa shape index (κ3) is 4.02. The molecule has 0 spiro atoms. The predicted molar refractivity (Wildman–Crippen MR) is 94.2 cm³/mol. The third-order valence-corrected chi connectivity index (χ3v) is 4.60. The van der Waals surface area contributed by atoms with Gasteiger partial charge < -0.3 is 10.1 Å². The number of methoxy groups -OCH3 is 1. The molecule has 122 valence electrons. The largest absolute Gasteiger partial charge is 0.465 e. The number of carbonyl (C=O) groups is 2. The van der Waals surface area contributed by atoms with Crippen LogP contribution in [0.25, 0.3) is 6.08 Å². The number of thiophene rings is 1. The monoisotopic (exact) mass is 360 g/mol. The molecule has 1 aromatic carbocycles. The Morgan fingerprint density at radius 1 is 1.33 bits per heavy atom. The number of halogens is 1. The number of amides is 1. The number of benzene rings is 1. The molecule has 0 fully saturated rings. The highest BCUT2D eigenvalue weighted by Gasteiger charge is 2.21. The van der Waals surface area contributed by atoms with Gasteiger partial charge in [-0.3, -0.25) is 4.79 Å². The second-order valence-electron chi connectivity index (χ2n) is 4.74. The van der Waals surface area contributed by atoms with Crippen LogP contribution in [0.1, 0.15) is 26.4 Å². The molecule has 0 atom stereocenters. The van der Waals surface area contributed by atoms with Crippen molar-refractivity contribution in [1.82, 2.24) is 0 Å². The van der Waals surface area contributed by atoms with Crippen molar-refractivity contribution in [2.24, 2.45) is 0 Å². The Morgan fingerprint density at radius 2 is 2.00 bits per heavy atom. The number of ether oxygens (including phenoxy) is 1. The SMILES string of the molecule is COC(=O)c1sc(NC(=O)C=Cc2ccc(Cl)cc2)c(C#N)c1C. The predicted octanol–water partition coefficient (Wildman–Crippen LogP) is 4.02. The van der Waals surface area contributed by atoms with Crippen LogP contribution >= 0.6 is 22.9 Å². The fraction of sp³-hybridized carbons (Fsp3) is 0.118. The first-order chi connectivity index (χ1) is 11.5. The normalized spacial score (nSPS) is 10.4. The topological polar surface area (TPSA) is 79.2 Å². The molecule has 0 aliphatic heterocycles. The van der Waals surface area contributed by atoms with E-state index < -0.39 is 11.9 Å². The van der Waals surface area contributed by atoms with Gasteiger partial charge in [-0.15, -0.1) is 11.3 Å². The lowest BCUT2D eigenvalue weighted by Gasteiger charge is -1.99. The van der Waals surface area contributed by atoms with E-state index in [0.717, 1.165) is 16.9 Å². The van der Waals surface area contributed by atoms with Crippen LogP contribution in [-0.2, 0) is 9.53 Å². The average molecular weight is 361 g/mol. The van der Waals surface area contributed by atoms with Gasteiger partial charge in [0.2, 0.25) is 5.91 Å². The van der Waals surface area contributed by atoms with Crippen LogP contribution in [0.4, 0.5) is 5.00 Å². The summed E-state index contributed by atoms with van der Waals surface area (Å²) in [6.45, 7) is 1.64.